The summed E-state index contributed by atoms with van der Waals surface area (Å²) in [5.74, 6) is -5.16. The van der Waals surface area contributed by atoms with Crippen molar-refractivity contribution < 1.29 is 18.0 Å². The summed E-state index contributed by atoms with van der Waals surface area (Å²) in [5.41, 5.74) is -1.12. The van der Waals surface area contributed by atoms with E-state index in [4.69, 9.17) is 0 Å². The van der Waals surface area contributed by atoms with Crippen molar-refractivity contribution in [2.45, 2.75) is 13.0 Å². The number of aromatic nitrogens is 4. The van der Waals surface area contributed by atoms with Gasteiger partial charge in [-0.25, -0.2) is 22.5 Å². The topological polar surface area (TPSA) is 81.8 Å². The number of hydrogen-bond donors (Lipinski definition) is 1. The molecule has 0 bridgehead atoms. The highest BCUT2D eigenvalue weighted by molar-refractivity contribution is 5.93. The van der Waals surface area contributed by atoms with Crippen LogP contribution < -0.4 is 10.9 Å². The van der Waals surface area contributed by atoms with Crippen LogP contribution in [0.3, 0.4) is 0 Å². The Kier molecular flexibility index (Phi) is 4.57. The van der Waals surface area contributed by atoms with Crippen molar-refractivity contribution in [1.82, 2.24) is 19.6 Å². The summed E-state index contributed by atoms with van der Waals surface area (Å²) >= 11 is 0. The maximum Gasteiger partial charge on any atom is 0.267 e. The molecule has 0 fully saturated rings. The lowest BCUT2D eigenvalue weighted by Gasteiger charge is -2.15. The number of nitrogens with zero attached hydrogens (tertiary/aromatic N) is 4. The minimum Gasteiger partial charge on any atom is -0.322 e. The van der Waals surface area contributed by atoms with Crippen molar-refractivity contribution in [2.24, 2.45) is 0 Å². The molecule has 10 heteroatoms. The average Bonchev–Trinajstić information content (AvgIpc) is 3.16. The van der Waals surface area contributed by atoms with Gasteiger partial charge in [-0.2, -0.15) is 5.10 Å². The number of halogens is 3. The van der Waals surface area contributed by atoms with Gasteiger partial charge in [0.05, 0.1) is 5.69 Å². The van der Waals surface area contributed by atoms with Crippen LogP contribution in [0.25, 0.3) is 5.82 Å². The third kappa shape index (κ3) is 3.21. The molecule has 0 aliphatic heterocycles. The molecular formula is C16H12F3N5O2. The third-order valence-corrected chi connectivity index (χ3v) is 3.59. The van der Waals surface area contributed by atoms with Crippen LogP contribution in [0.5, 0.6) is 0 Å². The molecule has 2 aromatic heterocycles. The Bertz CT molecular complexity index is 1020. The first-order valence-electron chi connectivity index (χ1n) is 7.42. The zero-order chi connectivity index (χ0) is 18.8. The van der Waals surface area contributed by atoms with E-state index >= 15 is 0 Å². The summed E-state index contributed by atoms with van der Waals surface area (Å²) in [6.07, 6.45) is 3.11. The Morgan fingerprint density at radius 2 is 1.92 bits per heavy atom. The van der Waals surface area contributed by atoms with Crippen molar-refractivity contribution in [2.75, 3.05) is 5.32 Å². The Hall–Kier alpha value is -3.43. The second kappa shape index (κ2) is 6.82. The number of carbonyl (C=O) groups is 1. The molecule has 26 heavy (non-hydrogen) atoms. The summed E-state index contributed by atoms with van der Waals surface area (Å²) in [6.45, 7) is 1.36. The molecule has 7 nitrogen and oxygen atoms in total. The van der Waals surface area contributed by atoms with E-state index in [0.29, 0.717) is 6.07 Å². The molecule has 3 rings (SSSR count). The highest BCUT2D eigenvalue weighted by atomic mass is 19.2. The molecule has 3 aromatic rings. The second-order valence-corrected chi connectivity index (χ2v) is 5.31. The summed E-state index contributed by atoms with van der Waals surface area (Å²) in [6, 6.07) is 4.69. The minimum absolute atomic E-state index is 0.285. The summed E-state index contributed by atoms with van der Waals surface area (Å²) < 4.78 is 42.2. The van der Waals surface area contributed by atoms with E-state index in [1.807, 2.05) is 0 Å². The standard InChI is InChI=1S/C16H12F3N5O2/c1-9(16(26)21-11-4-3-10(17)14(18)15(11)19)24-13(25)6-5-12(22-24)23-8-2-7-20-23/h2-9H,1H3,(H,21,26). The normalized spacial score (nSPS) is 12.0. The lowest BCUT2D eigenvalue weighted by molar-refractivity contribution is -0.119. The SMILES string of the molecule is CC(C(=O)Nc1ccc(F)c(F)c1F)n1nc(-n2cccn2)ccc1=O. The summed E-state index contributed by atoms with van der Waals surface area (Å²) in [4.78, 5) is 24.3. The highest BCUT2D eigenvalue weighted by Crippen LogP contribution is 2.20. The van der Waals surface area contributed by atoms with E-state index in [0.717, 1.165) is 10.7 Å². The second-order valence-electron chi connectivity index (χ2n) is 5.31. The Labute approximate surface area is 144 Å². The number of carbonyl (C=O) groups excluding carboxylic acids is 1. The van der Waals surface area contributed by atoms with Crippen LogP contribution in [0.2, 0.25) is 0 Å². The van der Waals surface area contributed by atoms with Gasteiger partial charge in [0.2, 0.25) is 5.91 Å². The van der Waals surface area contributed by atoms with Crippen LogP contribution >= 0.6 is 0 Å². The zero-order valence-corrected chi connectivity index (χ0v) is 13.4. The van der Waals surface area contributed by atoms with Crippen molar-refractivity contribution in [3.05, 3.63) is 70.5 Å². The van der Waals surface area contributed by atoms with Crippen LogP contribution in [0.4, 0.5) is 18.9 Å². The van der Waals surface area contributed by atoms with Crippen LogP contribution in [0.15, 0.2) is 47.5 Å². The maximum atomic E-state index is 13.7. The zero-order valence-electron chi connectivity index (χ0n) is 13.4. The van der Waals surface area contributed by atoms with Gasteiger partial charge in [0.15, 0.2) is 23.3 Å². The molecule has 2 heterocycles. The van der Waals surface area contributed by atoms with E-state index in [1.165, 1.54) is 29.9 Å². The number of rotatable bonds is 4. The van der Waals surface area contributed by atoms with Gasteiger partial charge in [0.25, 0.3) is 5.56 Å². The van der Waals surface area contributed by atoms with Crippen LogP contribution in [-0.2, 0) is 4.79 Å². The van der Waals surface area contributed by atoms with E-state index in [1.54, 1.807) is 12.3 Å². The molecule has 1 aromatic carbocycles. The lowest BCUT2D eigenvalue weighted by Crippen LogP contribution is -2.34. The predicted octanol–water partition coefficient (Wildman–Crippen LogP) is 2.05. The monoisotopic (exact) mass is 363 g/mol. The number of hydrogen-bond acceptors (Lipinski definition) is 4. The van der Waals surface area contributed by atoms with Crippen molar-refractivity contribution in [3.63, 3.8) is 0 Å². The first-order chi connectivity index (χ1) is 12.4. The fourth-order valence-corrected chi connectivity index (χ4v) is 2.19. The number of benzene rings is 1. The molecule has 1 N–H and O–H groups in total. The molecule has 0 spiro atoms. The molecular weight excluding hydrogens is 351 g/mol. The molecule has 0 radical (unpaired) electrons. The van der Waals surface area contributed by atoms with Gasteiger partial charge in [-0.15, -0.1) is 5.10 Å². The molecule has 0 aliphatic carbocycles. The highest BCUT2D eigenvalue weighted by Gasteiger charge is 2.21. The van der Waals surface area contributed by atoms with E-state index in [2.05, 4.69) is 15.5 Å². The smallest absolute Gasteiger partial charge is 0.267 e. The molecule has 1 unspecified atom stereocenters. The van der Waals surface area contributed by atoms with Crippen molar-refractivity contribution in [1.29, 1.82) is 0 Å². The molecule has 1 atom stereocenters. The van der Waals surface area contributed by atoms with E-state index in [-0.39, 0.29) is 5.82 Å². The van der Waals surface area contributed by atoms with Crippen molar-refractivity contribution >= 4 is 11.6 Å². The van der Waals surface area contributed by atoms with Gasteiger partial charge in [-0.3, -0.25) is 9.59 Å². The lowest BCUT2D eigenvalue weighted by atomic mass is 10.2. The van der Waals surface area contributed by atoms with Gasteiger partial charge in [0.1, 0.15) is 6.04 Å². The van der Waals surface area contributed by atoms with Gasteiger partial charge in [-0.05, 0) is 31.2 Å². The average molecular weight is 363 g/mol. The van der Waals surface area contributed by atoms with Gasteiger partial charge in [-0.1, -0.05) is 0 Å². The van der Waals surface area contributed by atoms with Gasteiger partial charge in [0, 0.05) is 18.5 Å². The Morgan fingerprint density at radius 1 is 1.15 bits per heavy atom. The molecule has 0 saturated heterocycles. The van der Waals surface area contributed by atoms with Crippen LogP contribution in [0, 0.1) is 17.5 Å². The first kappa shape index (κ1) is 17.4. The van der Waals surface area contributed by atoms with Crippen LogP contribution in [0.1, 0.15) is 13.0 Å². The summed E-state index contributed by atoms with van der Waals surface area (Å²) in [7, 11) is 0. The van der Waals surface area contributed by atoms with Crippen LogP contribution in [-0.4, -0.2) is 25.5 Å². The Balaban J connectivity index is 1.88. The number of nitrogens with one attached hydrogen (secondary N) is 1. The van der Waals surface area contributed by atoms with Crippen molar-refractivity contribution in [3.8, 4) is 5.82 Å². The molecule has 0 aliphatic rings. The number of anilines is 1. The Morgan fingerprint density at radius 3 is 2.62 bits per heavy atom. The predicted molar refractivity (Wildman–Crippen MR) is 85.3 cm³/mol. The largest absolute Gasteiger partial charge is 0.322 e. The minimum atomic E-state index is -1.70. The fourth-order valence-electron chi connectivity index (χ4n) is 2.19. The maximum absolute atomic E-state index is 13.7. The quantitative estimate of drug-likeness (QED) is 0.720. The fraction of sp³-hybridized carbons (Fsp3) is 0.125. The first-order valence-corrected chi connectivity index (χ1v) is 7.42. The molecule has 0 saturated carbocycles. The molecule has 134 valence electrons. The summed E-state index contributed by atoms with van der Waals surface area (Å²) in [5, 5.41) is 10.1. The van der Waals surface area contributed by atoms with Gasteiger partial charge >= 0.3 is 0 Å². The molecule has 1 amide bonds. The number of amides is 1. The van der Waals surface area contributed by atoms with Gasteiger partial charge < -0.3 is 5.32 Å². The van der Waals surface area contributed by atoms with E-state index in [9.17, 15) is 22.8 Å². The third-order valence-electron chi connectivity index (χ3n) is 3.59. The van der Waals surface area contributed by atoms with E-state index < -0.39 is 40.6 Å².